The smallest absolute Gasteiger partial charge is 0.225 e. The van der Waals surface area contributed by atoms with E-state index in [1.807, 2.05) is 17.1 Å². The van der Waals surface area contributed by atoms with Gasteiger partial charge in [0.05, 0.1) is 18.8 Å². The standard InChI is InChI=1S/C17H19FN6S2/c18-14-5-3-13(4-6-14)16-7-10-24(22-16)17(21-9-11-25-19)23-26-15-2-1-8-20-12-15/h1-6,8,12H,7,9-11,19H2,(H,21,23). The number of hydrogen-bond donors (Lipinski definition) is 2. The second-order valence-electron chi connectivity index (χ2n) is 5.40. The lowest BCUT2D eigenvalue weighted by molar-refractivity contribution is 0.479. The largest absolute Gasteiger partial charge is 0.295 e. The number of nitrogens with one attached hydrogen (secondary N) is 1. The Kier molecular flexibility index (Phi) is 6.87. The van der Waals surface area contributed by atoms with Gasteiger partial charge in [-0.2, -0.15) is 5.10 Å². The number of halogens is 1. The van der Waals surface area contributed by atoms with Crippen LogP contribution in [0.5, 0.6) is 0 Å². The molecule has 1 aromatic carbocycles. The van der Waals surface area contributed by atoms with Crippen molar-refractivity contribution in [3.05, 3.63) is 60.2 Å². The van der Waals surface area contributed by atoms with Gasteiger partial charge in [-0.15, -0.1) is 0 Å². The van der Waals surface area contributed by atoms with E-state index in [0.717, 1.165) is 28.3 Å². The first-order valence-corrected chi connectivity index (χ1v) is 9.93. The summed E-state index contributed by atoms with van der Waals surface area (Å²) in [4.78, 5) is 9.66. The monoisotopic (exact) mass is 390 g/mol. The molecule has 0 fully saturated rings. The van der Waals surface area contributed by atoms with Crippen LogP contribution in [0.2, 0.25) is 0 Å². The van der Waals surface area contributed by atoms with Crippen LogP contribution in [0.1, 0.15) is 12.0 Å². The molecule has 1 aliphatic rings. The zero-order valence-corrected chi connectivity index (χ0v) is 15.6. The number of nitrogens with two attached hydrogens (primary N) is 1. The van der Waals surface area contributed by atoms with Gasteiger partial charge in [0.15, 0.2) is 0 Å². The van der Waals surface area contributed by atoms with Gasteiger partial charge < -0.3 is 0 Å². The van der Waals surface area contributed by atoms with Crippen molar-refractivity contribution in [2.24, 2.45) is 15.2 Å². The third-order valence-electron chi connectivity index (χ3n) is 3.59. The zero-order valence-electron chi connectivity index (χ0n) is 14.0. The van der Waals surface area contributed by atoms with Crippen molar-refractivity contribution in [1.82, 2.24) is 14.7 Å². The van der Waals surface area contributed by atoms with E-state index in [1.54, 1.807) is 24.5 Å². The molecule has 2 heterocycles. The minimum Gasteiger partial charge on any atom is -0.295 e. The Labute approximate surface area is 160 Å². The number of aromatic nitrogens is 1. The van der Waals surface area contributed by atoms with E-state index in [1.165, 1.54) is 36.0 Å². The lowest BCUT2D eigenvalue weighted by Gasteiger charge is -2.17. The first kappa shape index (κ1) is 18.7. The minimum absolute atomic E-state index is 0.250. The zero-order chi connectivity index (χ0) is 18.2. The number of guanidine groups is 1. The number of benzene rings is 1. The normalized spacial score (nSPS) is 14.5. The molecule has 0 unspecified atom stereocenters. The number of aliphatic imine (C=N–C) groups is 1. The van der Waals surface area contributed by atoms with E-state index in [-0.39, 0.29) is 5.82 Å². The fourth-order valence-corrected chi connectivity index (χ4v) is 3.17. The van der Waals surface area contributed by atoms with Crippen molar-refractivity contribution in [2.45, 2.75) is 11.3 Å². The van der Waals surface area contributed by atoms with E-state index in [0.29, 0.717) is 19.0 Å². The predicted octanol–water partition coefficient (Wildman–Crippen LogP) is 2.89. The average Bonchev–Trinajstić information content (AvgIpc) is 3.16. The van der Waals surface area contributed by atoms with Gasteiger partial charge in [0.25, 0.3) is 0 Å². The second kappa shape index (κ2) is 9.56. The van der Waals surface area contributed by atoms with Crippen LogP contribution in [0.25, 0.3) is 0 Å². The number of hydrazone groups is 1. The van der Waals surface area contributed by atoms with Gasteiger partial charge in [-0.3, -0.25) is 14.8 Å². The van der Waals surface area contributed by atoms with Gasteiger partial charge in [0, 0.05) is 29.5 Å². The first-order chi connectivity index (χ1) is 12.8. The number of pyridine rings is 1. The van der Waals surface area contributed by atoms with Crippen molar-refractivity contribution < 1.29 is 4.39 Å². The summed E-state index contributed by atoms with van der Waals surface area (Å²) in [6, 6.07) is 10.2. The van der Waals surface area contributed by atoms with Gasteiger partial charge in [0.2, 0.25) is 5.96 Å². The van der Waals surface area contributed by atoms with E-state index >= 15 is 0 Å². The molecule has 0 saturated carbocycles. The molecule has 0 spiro atoms. The molecule has 3 rings (SSSR count). The van der Waals surface area contributed by atoms with Crippen LogP contribution in [0, 0.1) is 5.82 Å². The molecule has 1 aromatic heterocycles. The van der Waals surface area contributed by atoms with Crippen LogP contribution in [-0.2, 0) is 0 Å². The summed E-state index contributed by atoms with van der Waals surface area (Å²) in [5.74, 6) is 1.15. The minimum atomic E-state index is -0.250. The van der Waals surface area contributed by atoms with Gasteiger partial charge >= 0.3 is 0 Å². The Bertz CT molecular complexity index is 767. The van der Waals surface area contributed by atoms with Crippen molar-refractivity contribution >= 4 is 35.6 Å². The quantitative estimate of drug-likeness (QED) is 0.342. The maximum atomic E-state index is 13.1. The molecule has 0 amide bonds. The van der Waals surface area contributed by atoms with Crippen molar-refractivity contribution in [2.75, 3.05) is 18.8 Å². The molecule has 0 atom stereocenters. The molecule has 0 bridgehead atoms. The Morgan fingerprint density at radius 2 is 2.15 bits per heavy atom. The van der Waals surface area contributed by atoms with E-state index in [9.17, 15) is 4.39 Å². The highest BCUT2D eigenvalue weighted by atomic mass is 32.2. The van der Waals surface area contributed by atoms with Crippen molar-refractivity contribution in [3.63, 3.8) is 0 Å². The third-order valence-corrected chi connectivity index (χ3v) is 4.77. The fourth-order valence-electron chi connectivity index (χ4n) is 2.34. The van der Waals surface area contributed by atoms with Crippen LogP contribution >= 0.6 is 23.9 Å². The number of nitrogens with zero attached hydrogens (tertiary/aromatic N) is 4. The van der Waals surface area contributed by atoms with Gasteiger partial charge in [-0.25, -0.2) is 14.4 Å². The van der Waals surface area contributed by atoms with Crippen molar-refractivity contribution in [1.29, 1.82) is 0 Å². The van der Waals surface area contributed by atoms with E-state index in [4.69, 9.17) is 5.14 Å². The maximum Gasteiger partial charge on any atom is 0.225 e. The lowest BCUT2D eigenvalue weighted by Crippen LogP contribution is -2.33. The van der Waals surface area contributed by atoms with Crippen LogP contribution < -0.4 is 9.86 Å². The van der Waals surface area contributed by atoms with Gasteiger partial charge in [0.1, 0.15) is 5.82 Å². The Hall–Kier alpha value is -2.10. The van der Waals surface area contributed by atoms with Crippen LogP contribution in [0.3, 0.4) is 0 Å². The molecular weight excluding hydrogens is 371 g/mol. The molecule has 0 aliphatic carbocycles. The molecule has 2 aromatic rings. The summed E-state index contributed by atoms with van der Waals surface area (Å²) in [5, 5.41) is 12.0. The summed E-state index contributed by atoms with van der Waals surface area (Å²) in [5.41, 5.74) is 1.84. The highest BCUT2D eigenvalue weighted by molar-refractivity contribution is 7.98. The Balaban J connectivity index is 1.71. The highest BCUT2D eigenvalue weighted by Crippen LogP contribution is 2.17. The fraction of sp³-hybridized carbons (Fsp3) is 0.235. The SMILES string of the molecule is NSCCN=C(NSc1cccnc1)N1CCC(c2ccc(F)cc2)=N1. The van der Waals surface area contributed by atoms with Crippen LogP contribution in [0.15, 0.2) is 63.8 Å². The van der Waals surface area contributed by atoms with Gasteiger partial charge in [-0.05, 0) is 41.8 Å². The second-order valence-corrected chi connectivity index (χ2v) is 7.02. The summed E-state index contributed by atoms with van der Waals surface area (Å²) in [7, 11) is 0. The average molecular weight is 391 g/mol. The lowest BCUT2D eigenvalue weighted by atomic mass is 10.1. The van der Waals surface area contributed by atoms with Crippen LogP contribution in [-0.4, -0.2) is 40.5 Å². The summed E-state index contributed by atoms with van der Waals surface area (Å²) < 4.78 is 16.4. The molecule has 0 radical (unpaired) electrons. The maximum absolute atomic E-state index is 13.1. The van der Waals surface area contributed by atoms with E-state index in [2.05, 4.69) is 19.8 Å². The van der Waals surface area contributed by atoms with Crippen molar-refractivity contribution in [3.8, 4) is 0 Å². The molecule has 9 heteroatoms. The highest BCUT2D eigenvalue weighted by Gasteiger charge is 2.20. The summed E-state index contributed by atoms with van der Waals surface area (Å²) in [6.45, 7) is 1.30. The predicted molar refractivity (Wildman–Crippen MR) is 106 cm³/mol. The molecule has 1 aliphatic heterocycles. The molecule has 6 nitrogen and oxygen atoms in total. The van der Waals surface area contributed by atoms with E-state index < -0.39 is 0 Å². The number of hydrogen-bond acceptors (Lipinski definition) is 6. The Morgan fingerprint density at radius 3 is 2.88 bits per heavy atom. The summed E-state index contributed by atoms with van der Waals surface area (Å²) >= 11 is 2.69. The van der Waals surface area contributed by atoms with Crippen LogP contribution in [0.4, 0.5) is 4.39 Å². The number of rotatable bonds is 6. The van der Waals surface area contributed by atoms with Gasteiger partial charge in [-0.1, -0.05) is 24.1 Å². The molecule has 136 valence electrons. The third kappa shape index (κ3) is 5.20. The molecule has 0 saturated heterocycles. The summed E-state index contributed by atoms with van der Waals surface area (Å²) in [6.07, 6.45) is 4.29. The molecule has 3 N–H and O–H groups in total. The Morgan fingerprint density at radius 1 is 1.31 bits per heavy atom. The first-order valence-electron chi connectivity index (χ1n) is 8.06. The molecular formula is C17H19FN6S2. The topological polar surface area (TPSA) is 78.9 Å². The molecule has 26 heavy (non-hydrogen) atoms.